The van der Waals surface area contributed by atoms with Crippen LogP contribution in [0.2, 0.25) is 0 Å². The number of fused-ring (bicyclic) bond motifs is 1. The Hall–Kier alpha value is -2.32. The quantitative estimate of drug-likeness (QED) is 0.520. The molecule has 30 heavy (non-hydrogen) atoms. The molecule has 0 N–H and O–H groups in total. The van der Waals surface area contributed by atoms with E-state index < -0.39 is 0 Å². The zero-order chi connectivity index (χ0) is 21.4. The number of aryl methyl sites for hydroxylation is 2. The predicted molar refractivity (Wildman–Crippen MR) is 129 cm³/mol. The normalized spacial score (nSPS) is 18.2. The van der Waals surface area contributed by atoms with Gasteiger partial charge in [-0.15, -0.1) is 0 Å². The van der Waals surface area contributed by atoms with E-state index in [0.29, 0.717) is 5.92 Å². The molecular formula is C25H29BrN4. The van der Waals surface area contributed by atoms with E-state index in [1.54, 1.807) is 0 Å². The Morgan fingerprint density at radius 3 is 2.60 bits per heavy atom. The monoisotopic (exact) mass is 464 g/mol. The third kappa shape index (κ3) is 3.86. The molecule has 0 radical (unpaired) electrons. The maximum absolute atomic E-state index is 9.25. The number of hydrogen-bond donors (Lipinski definition) is 0. The number of hydrogen-bond acceptors (Lipinski definition) is 3. The first-order valence-electron chi connectivity index (χ1n) is 10.8. The summed E-state index contributed by atoms with van der Waals surface area (Å²) in [4.78, 5) is 7.39. The van der Waals surface area contributed by atoms with Gasteiger partial charge in [-0.1, -0.05) is 26.0 Å². The van der Waals surface area contributed by atoms with Crippen LogP contribution < -0.4 is 4.90 Å². The lowest BCUT2D eigenvalue weighted by molar-refractivity contribution is 0.488. The molecule has 4 nitrogen and oxygen atoms in total. The lowest BCUT2D eigenvalue weighted by Crippen LogP contribution is -2.33. The van der Waals surface area contributed by atoms with Gasteiger partial charge >= 0.3 is 0 Å². The predicted octanol–water partition coefficient (Wildman–Crippen LogP) is 6.50. The fraction of sp³-hybridized carbons (Fsp3) is 0.440. The summed E-state index contributed by atoms with van der Waals surface area (Å²) >= 11 is 3.84. The minimum atomic E-state index is 0.185. The Labute approximate surface area is 187 Å². The molecule has 4 rings (SSSR count). The lowest BCUT2D eigenvalue weighted by atomic mass is 9.97. The molecule has 2 aromatic heterocycles. The number of halogens is 1. The third-order valence-corrected chi connectivity index (χ3v) is 6.84. The minimum Gasteiger partial charge on any atom is -0.371 e. The number of nitrogens with zero attached hydrogens (tertiary/aromatic N) is 4. The van der Waals surface area contributed by atoms with E-state index in [0.717, 1.165) is 53.9 Å². The van der Waals surface area contributed by atoms with E-state index in [1.807, 2.05) is 0 Å². The van der Waals surface area contributed by atoms with Gasteiger partial charge in [0.2, 0.25) is 0 Å². The van der Waals surface area contributed by atoms with Crippen molar-refractivity contribution >= 4 is 38.3 Å². The van der Waals surface area contributed by atoms with Gasteiger partial charge in [0.1, 0.15) is 5.65 Å². The maximum atomic E-state index is 9.25. The summed E-state index contributed by atoms with van der Waals surface area (Å²) in [6.07, 6.45) is 11.8. The molecule has 0 spiro atoms. The van der Waals surface area contributed by atoms with Crippen molar-refractivity contribution in [1.82, 2.24) is 9.55 Å². The highest BCUT2D eigenvalue weighted by molar-refractivity contribution is 9.12. The van der Waals surface area contributed by atoms with Crippen molar-refractivity contribution in [1.29, 1.82) is 5.26 Å². The van der Waals surface area contributed by atoms with Gasteiger partial charge in [0.15, 0.2) is 0 Å². The summed E-state index contributed by atoms with van der Waals surface area (Å²) in [5.41, 5.74) is 7.01. The molecule has 1 fully saturated rings. The lowest BCUT2D eigenvalue weighted by Gasteiger charge is -2.32. The maximum Gasteiger partial charge on any atom is 0.147 e. The van der Waals surface area contributed by atoms with Crippen molar-refractivity contribution in [2.24, 2.45) is 11.8 Å². The summed E-state index contributed by atoms with van der Waals surface area (Å²) in [5.74, 6) is 0.682. The molecule has 3 heterocycles. The average Bonchev–Trinajstić information content (AvgIpc) is 2.92. The first-order chi connectivity index (χ1) is 14.4. The minimum absolute atomic E-state index is 0.185. The smallest absolute Gasteiger partial charge is 0.147 e. The van der Waals surface area contributed by atoms with Crippen molar-refractivity contribution in [3.05, 3.63) is 51.8 Å². The SMILES string of the molecule is Cc1cc(N2CCC(C#N)CC2)c2c(C)cn(C3=CCC=C(C(C)C)C=C3Br)c2n1. The molecular weight excluding hydrogens is 436 g/mol. The molecule has 1 aliphatic heterocycles. The van der Waals surface area contributed by atoms with Gasteiger partial charge in [-0.25, -0.2) is 4.98 Å². The molecule has 156 valence electrons. The number of pyridine rings is 1. The summed E-state index contributed by atoms with van der Waals surface area (Å²) in [6, 6.07) is 4.64. The number of allylic oxidation sites excluding steroid dienone is 6. The van der Waals surface area contributed by atoms with Gasteiger partial charge in [0.05, 0.1) is 11.8 Å². The largest absolute Gasteiger partial charge is 0.371 e. The second-order valence-electron chi connectivity index (χ2n) is 8.73. The van der Waals surface area contributed by atoms with Gasteiger partial charge < -0.3 is 9.47 Å². The summed E-state index contributed by atoms with van der Waals surface area (Å²) < 4.78 is 3.33. The molecule has 2 aliphatic rings. The van der Waals surface area contributed by atoms with E-state index in [9.17, 15) is 5.26 Å². The van der Waals surface area contributed by atoms with Crippen LogP contribution in [-0.2, 0) is 0 Å². The molecule has 1 saturated heterocycles. The van der Waals surface area contributed by atoms with Crippen LogP contribution in [-0.4, -0.2) is 22.6 Å². The molecule has 0 bridgehead atoms. The van der Waals surface area contributed by atoms with Gasteiger partial charge in [-0.2, -0.15) is 5.26 Å². The Morgan fingerprint density at radius 2 is 1.93 bits per heavy atom. The topological polar surface area (TPSA) is 44.9 Å². The molecule has 0 atom stereocenters. The molecule has 0 saturated carbocycles. The standard InChI is InChI=1S/C25H29BrN4/c1-16(2)20-6-5-7-22(21(26)13-20)30-15-17(3)24-23(12-18(4)28-25(24)30)29-10-8-19(14-27)9-11-29/h6-7,12-13,15-16,19H,5,8-11H2,1-4H3. The van der Waals surface area contributed by atoms with E-state index in [2.05, 4.69) is 89.7 Å². The van der Waals surface area contributed by atoms with E-state index >= 15 is 0 Å². The Kier molecular flexibility index (Phi) is 5.88. The number of nitriles is 1. The van der Waals surface area contributed by atoms with E-state index in [4.69, 9.17) is 4.98 Å². The van der Waals surface area contributed by atoms with Crippen molar-refractivity contribution in [3.8, 4) is 6.07 Å². The Bertz CT molecular complexity index is 1100. The van der Waals surface area contributed by atoms with Crippen LogP contribution in [0.3, 0.4) is 0 Å². The van der Waals surface area contributed by atoms with Crippen LogP contribution in [0.25, 0.3) is 16.7 Å². The summed E-state index contributed by atoms with van der Waals surface area (Å²) in [7, 11) is 0. The molecule has 5 heteroatoms. The highest BCUT2D eigenvalue weighted by Gasteiger charge is 2.24. The van der Waals surface area contributed by atoms with E-state index in [1.165, 1.54) is 22.2 Å². The van der Waals surface area contributed by atoms with E-state index in [-0.39, 0.29) is 5.92 Å². The molecule has 0 aromatic carbocycles. The number of anilines is 1. The molecule has 0 amide bonds. The number of piperidine rings is 1. The Balaban J connectivity index is 1.79. The Morgan fingerprint density at radius 1 is 1.20 bits per heavy atom. The van der Waals surface area contributed by atoms with Crippen LogP contribution in [0.4, 0.5) is 5.69 Å². The fourth-order valence-electron chi connectivity index (χ4n) is 4.49. The number of rotatable bonds is 3. The highest BCUT2D eigenvalue weighted by Crippen LogP contribution is 2.37. The van der Waals surface area contributed by atoms with Crippen LogP contribution >= 0.6 is 15.9 Å². The second-order valence-corrected chi connectivity index (χ2v) is 9.58. The van der Waals surface area contributed by atoms with Crippen molar-refractivity contribution < 1.29 is 0 Å². The summed E-state index contributed by atoms with van der Waals surface area (Å²) in [5, 5.41) is 10.5. The van der Waals surface area contributed by atoms with Gasteiger partial charge in [-0.05, 0) is 78.2 Å². The van der Waals surface area contributed by atoms with Crippen molar-refractivity contribution in [2.75, 3.05) is 18.0 Å². The fourth-order valence-corrected chi connectivity index (χ4v) is 5.11. The first kappa shape index (κ1) is 20.9. The second kappa shape index (κ2) is 8.43. The van der Waals surface area contributed by atoms with Crippen molar-refractivity contribution in [3.63, 3.8) is 0 Å². The van der Waals surface area contributed by atoms with Gasteiger partial charge in [-0.3, -0.25) is 0 Å². The van der Waals surface area contributed by atoms with Crippen LogP contribution in [0.15, 0.2) is 40.5 Å². The van der Waals surface area contributed by atoms with Gasteiger partial charge in [0, 0.05) is 46.5 Å². The van der Waals surface area contributed by atoms with Crippen LogP contribution in [0, 0.1) is 37.0 Å². The van der Waals surface area contributed by atoms with Crippen LogP contribution in [0.5, 0.6) is 0 Å². The van der Waals surface area contributed by atoms with Crippen molar-refractivity contribution in [2.45, 2.75) is 47.0 Å². The average molecular weight is 465 g/mol. The third-order valence-electron chi connectivity index (χ3n) is 6.20. The highest BCUT2D eigenvalue weighted by atomic mass is 79.9. The molecule has 0 unspecified atom stereocenters. The first-order valence-corrected chi connectivity index (χ1v) is 11.6. The molecule has 1 aliphatic carbocycles. The summed E-state index contributed by atoms with van der Waals surface area (Å²) in [6.45, 7) is 10.6. The molecule has 2 aromatic rings. The zero-order valence-corrected chi connectivity index (χ0v) is 19.8. The number of aromatic nitrogens is 2. The van der Waals surface area contributed by atoms with Crippen LogP contribution in [0.1, 0.15) is 44.4 Å². The zero-order valence-electron chi connectivity index (χ0n) is 18.2. The van der Waals surface area contributed by atoms with Gasteiger partial charge in [0.25, 0.3) is 0 Å².